The Labute approximate surface area is 263 Å². The molecule has 0 radical (unpaired) electrons. The third-order valence-electron chi connectivity index (χ3n) is 8.91. The van der Waals surface area contributed by atoms with Gasteiger partial charge in [-0.2, -0.15) is 10.5 Å². The van der Waals surface area contributed by atoms with E-state index in [0.29, 0.717) is 22.8 Å². The van der Waals surface area contributed by atoms with E-state index in [1.165, 1.54) is 11.1 Å². The minimum atomic E-state index is 0.162. The molecule has 4 atom stereocenters. The van der Waals surface area contributed by atoms with Gasteiger partial charge in [0.1, 0.15) is 23.8 Å². The standard InChI is InChI=1S/C33H31BrN8O2/c1-41-8-7-27(39-31-10-21-9-22(12-35)43-29(21)14-37-31)25(16-41)19-3-5-20(6-4-19)26-17-42(2)18-28(26)40-33-32(34)24-11-23(13-36)44-30(24)15-38-33/h3-6,9-11,14-15,25-28H,7-8,16-18H2,1-2H3,(H,37,39)(H,38,40)/t25?,26?,27?,28-/m1/s1. The van der Waals surface area contributed by atoms with Crippen molar-refractivity contribution in [3.63, 3.8) is 0 Å². The number of furan rings is 2. The van der Waals surface area contributed by atoms with E-state index in [0.717, 1.165) is 59.5 Å². The van der Waals surface area contributed by atoms with Crippen molar-refractivity contribution in [2.24, 2.45) is 0 Å². The Hall–Kier alpha value is -4.42. The molecule has 11 heteroatoms. The van der Waals surface area contributed by atoms with Crippen LogP contribution in [0.3, 0.4) is 0 Å². The van der Waals surface area contributed by atoms with Gasteiger partial charge in [-0.15, -0.1) is 0 Å². The second-order valence-corrected chi connectivity index (χ2v) is 12.7. The van der Waals surface area contributed by atoms with E-state index in [-0.39, 0.29) is 23.8 Å². The molecule has 44 heavy (non-hydrogen) atoms. The number of halogens is 1. The fraction of sp³-hybridized carbons (Fsp3) is 0.333. The fourth-order valence-corrected chi connectivity index (χ4v) is 7.21. The molecule has 0 aliphatic carbocycles. The van der Waals surface area contributed by atoms with Crippen molar-refractivity contribution in [1.29, 1.82) is 10.5 Å². The highest BCUT2D eigenvalue weighted by Gasteiger charge is 2.34. The molecule has 0 spiro atoms. The first-order chi connectivity index (χ1) is 21.4. The van der Waals surface area contributed by atoms with Crippen molar-refractivity contribution in [3.05, 3.63) is 82.0 Å². The topological polar surface area (TPSA) is 130 Å². The van der Waals surface area contributed by atoms with Gasteiger partial charge < -0.3 is 29.3 Å². The van der Waals surface area contributed by atoms with Crippen LogP contribution in [0.25, 0.3) is 21.9 Å². The SMILES string of the molecule is CN1CCC(Nc2cc3cc(C#N)oc3cn2)C(c2ccc(C3CN(C)C[C@H]3Nc3ncc4oc(C#N)cc4c3Br)cc2)C1. The molecule has 7 rings (SSSR count). The number of hydrogen-bond donors (Lipinski definition) is 2. The van der Waals surface area contributed by atoms with E-state index >= 15 is 0 Å². The molecule has 5 aromatic rings. The Morgan fingerprint density at radius 2 is 1.48 bits per heavy atom. The van der Waals surface area contributed by atoms with Crippen LogP contribution < -0.4 is 10.6 Å². The highest BCUT2D eigenvalue weighted by atomic mass is 79.9. The van der Waals surface area contributed by atoms with Gasteiger partial charge in [0.15, 0.2) is 11.2 Å². The van der Waals surface area contributed by atoms with E-state index in [9.17, 15) is 10.5 Å². The molecule has 2 fully saturated rings. The van der Waals surface area contributed by atoms with E-state index < -0.39 is 0 Å². The molecule has 6 heterocycles. The summed E-state index contributed by atoms with van der Waals surface area (Å²) in [7, 11) is 4.32. The molecule has 4 aromatic heterocycles. The van der Waals surface area contributed by atoms with Gasteiger partial charge in [-0.3, -0.25) is 0 Å². The highest BCUT2D eigenvalue weighted by molar-refractivity contribution is 9.10. The number of hydrogen-bond acceptors (Lipinski definition) is 10. The first-order valence-corrected chi connectivity index (χ1v) is 15.5. The molecule has 2 aliphatic rings. The van der Waals surface area contributed by atoms with Gasteiger partial charge in [0.05, 0.1) is 16.9 Å². The summed E-state index contributed by atoms with van der Waals surface area (Å²) in [6.07, 6.45) is 4.35. The number of anilines is 2. The lowest BCUT2D eigenvalue weighted by Gasteiger charge is -2.38. The summed E-state index contributed by atoms with van der Waals surface area (Å²) in [5, 5.41) is 27.5. The third kappa shape index (κ3) is 5.39. The lowest BCUT2D eigenvalue weighted by molar-refractivity contribution is 0.236. The predicted octanol–water partition coefficient (Wildman–Crippen LogP) is 5.88. The van der Waals surface area contributed by atoms with Crippen LogP contribution in [0.4, 0.5) is 11.6 Å². The van der Waals surface area contributed by atoms with Crippen LogP contribution in [0.1, 0.15) is 40.9 Å². The van der Waals surface area contributed by atoms with Gasteiger partial charge in [0, 0.05) is 66.5 Å². The molecule has 2 saturated heterocycles. The number of likely N-dealkylation sites (N-methyl/N-ethyl adjacent to an activating group) is 2. The Balaban J connectivity index is 1.10. The van der Waals surface area contributed by atoms with E-state index in [4.69, 9.17) is 8.83 Å². The fourth-order valence-electron chi connectivity index (χ4n) is 6.68. The first-order valence-electron chi connectivity index (χ1n) is 14.7. The number of rotatable bonds is 6. The summed E-state index contributed by atoms with van der Waals surface area (Å²) < 4.78 is 11.9. The number of nitrogens with zero attached hydrogens (tertiary/aromatic N) is 6. The molecule has 222 valence electrons. The van der Waals surface area contributed by atoms with Crippen LogP contribution in [0.15, 0.2) is 68.2 Å². The van der Waals surface area contributed by atoms with Crippen LogP contribution in [-0.4, -0.2) is 72.1 Å². The summed E-state index contributed by atoms with van der Waals surface area (Å²) in [6, 6.07) is 19.1. The van der Waals surface area contributed by atoms with E-state index in [2.05, 4.69) is 96.8 Å². The highest BCUT2D eigenvalue weighted by Crippen LogP contribution is 2.36. The molecule has 0 saturated carbocycles. The van der Waals surface area contributed by atoms with Gasteiger partial charge in [0.2, 0.25) is 11.5 Å². The van der Waals surface area contributed by atoms with Crippen molar-refractivity contribution in [2.75, 3.05) is 50.9 Å². The number of piperidine rings is 1. The summed E-state index contributed by atoms with van der Waals surface area (Å²) in [5.74, 6) is 2.67. The van der Waals surface area contributed by atoms with Crippen LogP contribution >= 0.6 is 15.9 Å². The molecule has 0 bridgehead atoms. The Morgan fingerprint density at radius 3 is 2.23 bits per heavy atom. The summed E-state index contributed by atoms with van der Waals surface area (Å²) in [6.45, 7) is 3.78. The summed E-state index contributed by atoms with van der Waals surface area (Å²) in [4.78, 5) is 13.9. The lowest BCUT2D eigenvalue weighted by Crippen LogP contribution is -2.43. The van der Waals surface area contributed by atoms with Crippen LogP contribution in [0, 0.1) is 22.7 Å². The predicted molar refractivity (Wildman–Crippen MR) is 172 cm³/mol. The average molecular weight is 652 g/mol. The number of aromatic nitrogens is 2. The smallest absolute Gasteiger partial charge is 0.204 e. The van der Waals surface area contributed by atoms with Gasteiger partial charge in [-0.1, -0.05) is 24.3 Å². The molecule has 2 N–H and O–H groups in total. The zero-order valence-electron chi connectivity index (χ0n) is 24.4. The minimum Gasteiger partial charge on any atom is -0.444 e. The maximum absolute atomic E-state index is 9.24. The zero-order chi connectivity index (χ0) is 30.4. The summed E-state index contributed by atoms with van der Waals surface area (Å²) >= 11 is 3.69. The molecule has 3 unspecified atom stereocenters. The maximum atomic E-state index is 9.24. The number of benzene rings is 1. The van der Waals surface area contributed by atoms with Gasteiger partial charge >= 0.3 is 0 Å². The Bertz CT molecular complexity index is 1920. The molecular formula is C33H31BrN8O2. The number of nitrogens with one attached hydrogen (secondary N) is 2. The molecule has 2 aliphatic heterocycles. The second-order valence-electron chi connectivity index (χ2n) is 11.9. The van der Waals surface area contributed by atoms with Crippen molar-refractivity contribution >= 4 is 49.5 Å². The minimum absolute atomic E-state index is 0.162. The van der Waals surface area contributed by atoms with Gasteiger partial charge in [-0.25, -0.2) is 9.97 Å². The lowest BCUT2D eigenvalue weighted by atomic mass is 9.84. The van der Waals surface area contributed by atoms with Crippen molar-refractivity contribution in [2.45, 2.75) is 30.3 Å². The summed E-state index contributed by atoms with van der Waals surface area (Å²) in [5.41, 5.74) is 3.79. The molecule has 1 aromatic carbocycles. The molecule has 0 amide bonds. The van der Waals surface area contributed by atoms with Gasteiger partial charge in [0.25, 0.3) is 0 Å². The second kappa shape index (κ2) is 11.6. The van der Waals surface area contributed by atoms with Crippen molar-refractivity contribution < 1.29 is 8.83 Å². The first kappa shape index (κ1) is 28.4. The number of fused-ring (bicyclic) bond motifs is 2. The third-order valence-corrected chi connectivity index (χ3v) is 9.71. The number of pyridine rings is 2. The average Bonchev–Trinajstić information content (AvgIpc) is 3.75. The van der Waals surface area contributed by atoms with Crippen molar-refractivity contribution in [3.8, 4) is 12.1 Å². The van der Waals surface area contributed by atoms with E-state index in [1.54, 1.807) is 24.5 Å². The Morgan fingerprint density at radius 1 is 0.818 bits per heavy atom. The van der Waals surface area contributed by atoms with Crippen LogP contribution in [0.5, 0.6) is 0 Å². The Kier molecular flexibility index (Phi) is 7.47. The number of likely N-dealkylation sites (tertiary alicyclic amines) is 2. The quantitative estimate of drug-likeness (QED) is 0.230. The van der Waals surface area contributed by atoms with E-state index in [1.807, 2.05) is 6.07 Å². The van der Waals surface area contributed by atoms with Gasteiger partial charge in [-0.05, 0) is 60.2 Å². The van der Waals surface area contributed by atoms with Crippen LogP contribution in [-0.2, 0) is 0 Å². The van der Waals surface area contributed by atoms with Crippen LogP contribution in [0.2, 0.25) is 0 Å². The maximum Gasteiger partial charge on any atom is 0.204 e. The zero-order valence-corrected chi connectivity index (χ0v) is 26.0. The normalized spacial score (nSPS) is 22.7. The molecular weight excluding hydrogens is 620 g/mol. The largest absolute Gasteiger partial charge is 0.444 e. The monoisotopic (exact) mass is 650 g/mol. The molecule has 10 nitrogen and oxygen atoms in total. The van der Waals surface area contributed by atoms with Crippen molar-refractivity contribution in [1.82, 2.24) is 19.8 Å². The number of nitriles is 2.